The summed E-state index contributed by atoms with van der Waals surface area (Å²) in [5.41, 5.74) is -0.440. The number of carbonyl (C=O) groups excluding carboxylic acids is 1. The van der Waals surface area contributed by atoms with Crippen LogP contribution < -0.4 is 5.32 Å². The lowest BCUT2D eigenvalue weighted by Crippen LogP contribution is -2.61. The molecule has 1 saturated heterocycles. The van der Waals surface area contributed by atoms with Crippen molar-refractivity contribution in [3.05, 3.63) is 0 Å². The van der Waals surface area contributed by atoms with Crippen LogP contribution >= 0.6 is 0 Å². The topological polar surface area (TPSA) is 41.6 Å². The molecule has 0 bridgehead atoms. The van der Waals surface area contributed by atoms with Crippen LogP contribution in [-0.4, -0.2) is 49.2 Å². The number of nitrogens with zero attached hydrogens (tertiary/aromatic N) is 1. The number of rotatable bonds is 5. The number of piperidine rings is 1. The highest BCUT2D eigenvalue weighted by molar-refractivity contribution is 5.81. The molecule has 4 nitrogen and oxygen atoms in total. The van der Waals surface area contributed by atoms with Crippen molar-refractivity contribution >= 4 is 5.97 Å². The summed E-state index contributed by atoms with van der Waals surface area (Å²) in [6.07, 6.45) is 4.33. The Labute approximate surface area is 110 Å². The number of carbonyl (C=O) groups is 1. The zero-order chi connectivity index (χ0) is 13.2. The quantitative estimate of drug-likeness (QED) is 0.753. The Hall–Kier alpha value is -0.610. The number of ether oxygens (including phenoxy) is 1. The first-order chi connectivity index (χ1) is 8.57. The summed E-state index contributed by atoms with van der Waals surface area (Å²) in [4.78, 5) is 14.6. The molecule has 0 amide bonds. The average Bonchev–Trinajstić information content (AvgIpc) is 3.15. The third-order valence-electron chi connectivity index (χ3n) is 4.38. The number of nitrogens with one attached hydrogen (secondary N) is 1. The minimum atomic E-state index is -0.440. The summed E-state index contributed by atoms with van der Waals surface area (Å²) in [6, 6.07) is 0.426. The van der Waals surface area contributed by atoms with Crippen LogP contribution in [0.25, 0.3) is 0 Å². The molecule has 1 aliphatic heterocycles. The maximum Gasteiger partial charge on any atom is 0.326 e. The average molecular weight is 254 g/mol. The predicted molar refractivity (Wildman–Crippen MR) is 71.4 cm³/mol. The zero-order valence-corrected chi connectivity index (χ0v) is 11.9. The first-order valence-corrected chi connectivity index (χ1v) is 7.20. The normalized spacial score (nSPS) is 33.4. The van der Waals surface area contributed by atoms with E-state index in [1.165, 1.54) is 12.8 Å². The molecular formula is C14H26N2O2. The molecule has 4 heteroatoms. The molecule has 104 valence electrons. The number of likely N-dealkylation sites (tertiary alicyclic amines) is 1. The minimum Gasteiger partial charge on any atom is -0.465 e. The van der Waals surface area contributed by atoms with Crippen LogP contribution in [0.3, 0.4) is 0 Å². The van der Waals surface area contributed by atoms with Gasteiger partial charge in [-0.3, -0.25) is 4.79 Å². The van der Waals surface area contributed by atoms with Gasteiger partial charge in [-0.15, -0.1) is 0 Å². The highest BCUT2D eigenvalue weighted by Crippen LogP contribution is 2.32. The molecular weight excluding hydrogens is 228 g/mol. The van der Waals surface area contributed by atoms with Crippen molar-refractivity contribution in [1.29, 1.82) is 0 Å². The molecule has 0 aromatic heterocycles. The van der Waals surface area contributed by atoms with Crippen molar-refractivity contribution in [1.82, 2.24) is 10.2 Å². The van der Waals surface area contributed by atoms with E-state index in [4.69, 9.17) is 4.74 Å². The van der Waals surface area contributed by atoms with Crippen molar-refractivity contribution in [3.8, 4) is 0 Å². The number of hydrogen-bond acceptors (Lipinski definition) is 4. The first-order valence-electron chi connectivity index (χ1n) is 7.20. The van der Waals surface area contributed by atoms with Crippen LogP contribution in [0.15, 0.2) is 0 Å². The summed E-state index contributed by atoms with van der Waals surface area (Å²) < 4.78 is 5.30. The van der Waals surface area contributed by atoms with Crippen molar-refractivity contribution in [3.63, 3.8) is 0 Å². The van der Waals surface area contributed by atoms with Crippen LogP contribution in [0.5, 0.6) is 0 Å². The van der Waals surface area contributed by atoms with Gasteiger partial charge < -0.3 is 15.0 Å². The second-order valence-corrected chi connectivity index (χ2v) is 5.91. The molecule has 1 saturated carbocycles. The lowest BCUT2D eigenvalue weighted by molar-refractivity contribution is -0.154. The summed E-state index contributed by atoms with van der Waals surface area (Å²) in [5.74, 6) is 0.733. The maximum atomic E-state index is 12.3. The van der Waals surface area contributed by atoms with Gasteiger partial charge in [0, 0.05) is 12.6 Å². The molecule has 1 heterocycles. The third kappa shape index (κ3) is 3.04. The number of hydrogen-bond donors (Lipinski definition) is 1. The lowest BCUT2D eigenvalue weighted by Gasteiger charge is -2.43. The Bertz CT molecular complexity index is 304. The molecule has 2 fully saturated rings. The van der Waals surface area contributed by atoms with Gasteiger partial charge in [-0.2, -0.15) is 0 Å². The van der Waals surface area contributed by atoms with E-state index in [0.29, 0.717) is 12.6 Å². The summed E-state index contributed by atoms with van der Waals surface area (Å²) >= 11 is 0. The van der Waals surface area contributed by atoms with Crippen LogP contribution in [-0.2, 0) is 9.53 Å². The van der Waals surface area contributed by atoms with Gasteiger partial charge in [-0.1, -0.05) is 0 Å². The zero-order valence-electron chi connectivity index (χ0n) is 11.9. The third-order valence-corrected chi connectivity index (χ3v) is 4.38. The fourth-order valence-electron chi connectivity index (χ4n) is 2.70. The molecule has 18 heavy (non-hydrogen) atoms. The van der Waals surface area contributed by atoms with E-state index in [1.807, 2.05) is 6.92 Å². The molecule has 0 aromatic carbocycles. The van der Waals surface area contributed by atoms with Crippen LogP contribution in [0.4, 0.5) is 0 Å². The van der Waals surface area contributed by atoms with Crippen molar-refractivity contribution < 1.29 is 9.53 Å². The maximum absolute atomic E-state index is 12.3. The Balaban J connectivity index is 2.02. The van der Waals surface area contributed by atoms with Crippen molar-refractivity contribution in [2.45, 2.75) is 51.1 Å². The second-order valence-electron chi connectivity index (χ2n) is 5.91. The van der Waals surface area contributed by atoms with Gasteiger partial charge in [-0.25, -0.2) is 0 Å². The Morgan fingerprint density at radius 2 is 2.22 bits per heavy atom. The molecule has 1 aliphatic carbocycles. The second kappa shape index (κ2) is 5.57. The van der Waals surface area contributed by atoms with Gasteiger partial charge in [0.15, 0.2) is 0 Å². The summed E-state index contributed by atoms with van der Waals surface area (Å²) in [7, 11) is 2.13. The molecule has 0 radical (unpaired) electrons. The number of esters is 1. The highest BCUT2D eigenvalue weighted by Gasteiger charge is 2.45. The fraction of sp³-hybridized carbons (Fsp3) is 0.929. The van der Waals surface area contributed by atoms with Gasteiger partial charge in [0.25, 0.3) is 0 Å². The molecule has 1 N–H and O–H groups in total. The van der Waals surface area contributed by atoms with Gasteiger partial charge in [0.05, 0.1) is 6.61 Å². The van der Waals surface area contributed by atoms with Gasteiger partial charge in [0.2, 0.25) is 0 Å². The lowest BCUT2D eigenvalue weighted by atomic mass is 9.83. The van der Waals surface area contributed by atoms with Crippen molar-refractivity contribution in [2.24, 2.45) is 5.92 Å². The monoisotopic (exact) mass is 254 g/mol. The van der Waals surface area contributed by atoms with Crippen LogP contribution in [0, 0.1) is 5.92 Å². The van der Waals surface area contributed by atoms with E-state index < -0.39 is 5.54 Å². The van der Waals surface area contributed by atoms with Crippen LogP contribution in [0.1, 0.15) is 39.5 Å². The van der Waals surface area contributed by atoms with Gasteiger partial charge in [-0.05, 0) is 59.0 Å². The largest absolute Gasteiger partial charge is 0.465 e. The van der Waals surface area contributed by atoms with Crippen molar-refractivity contribution in [2.75, 3.05) is 26.7 Å². The van der Waals surface area contributed by atoms with E-state index in [-0.39, 0.29) is 5.97 Å². The molecule has 2 rings (SSSR count). The predicted octanol–water partition coefficient (Wildman–Crippen LogP) is 1.40. The Kier molecular flexibility index (Phi) is 4.28. The fourth-order valence-corrected chi connectivity index (χ4v) is 2.70. The standard InChI is InChI=1S/C14H26N2O2/c1-4-18-13(17)14(15-10-12-5-6-12)7-8-16(3)11(2)9-14/h11-12,15H,4-10H2,1-3H3. The van der Waals surface area contributed by atoms with E-state index in [9.17, 15) is 4.79 Å². The van der Waals surface area contributed by atoms with Crippen LogP contribution in [0.2, 0.25) is 0 Å². The van der Waals surface area contributed by atoms with E-state index in [2.05, 4.69) is 24.2 Å². The van der Waals surface area contributed by atoms with E-state index in [0.717, 1.165) is 31.8 Å². The van der Waals surface area contributed by atoms with Gasteiger partial charge in [0.1, 0.15) is 5.54 Å². The SMILES string of the molecule is CCOC(=O)C1(NCC2CC2)CCN(C)C(C)C1. The molecule has 2 aliphatic rings. The van der Waals surface area contributed by atoms with E-state index in [1.54, 1.807) is 0 Å². The molecule has 2 atom stereocenters. The molecule has 0 aromatic rings. The van der Waals surface area contributed by atoms with Gasteiger partial charge >= 0.3 is 5.97 Å². The Morgan fingerprint density at radius 1 is 1.50 bits per heavy atom. The summed E-state index contributed by atoms with van der Waals surface area (Å²) in [5, 5.41) is 3.53. The van der Waals surface area contributed by atoms with E-state index >= 15 is 0 Å². The minimum absolute atomic E-state index is 0.0504. The molecule has 2 unspecified atom stereocenters. The Morgan fingerprint density at radius 3 is 2.78 bits per heavy atom. The molecule has 0 spiro atoms. The first kappa shape index (κ1) is 13.8. The highest BCUT2D eigenvalue weighted by atomic mass is 16.5. The smallest absolute Gasteiger partial charge is 0.326 e. The summed E-state index contributed by atoms with van der Waals surface area (Å²) in [6.45, 7) is 6.46.